The third-order valence-corrected chi connectivity index (χ3v) is 2.63. The number of ether oxygens (including phenoxy) is 1. The van der Waals surface area contributed by atoms with Crippen molar-refractivity contribution in [3.63, 3.8) is 0 Å². The fourth-order valence-corrected chi connectivity index (χ4v) is 1.62. The number of para-hydroxylation sites is 1. The van der Waals surface area contributed by atoms with Crippen molar-refractivity contribution in [1.82, 2.24) is 0 Å². The molecule has 6 heteroatoms. The summed E-state index contributed by atoms with van der Waals surface area (Å²) in [7, 11) is 1.54. The molecule has 6 nitrogen and oxygen atoms in total. The molecule has 0 amide bonds. The van der Waals surface area contributed by atoms with Crippen LogP contribution >= 0.6 is 0 Å². The Bertz CT molecular complexity index is 668. The molecule has 0 fully saturated rings. The van der Waals surface area contributed by atoms with E-state index in [2.05, 4.69) is 4.99 Å². The largest absolute Gasteiger partial charge is 0.867 e. The lowest BCUT2D eigenvalue weighted by Crippen LogP contribution is -2.01. The molecule has 0 aliphatic rings. The van der Waals surface area contributed by atoms with Gasteiger partial charge in [-0.3, -0.25) is 15.1 Å². The van der Waals surface area contributed by atoms with Crippen LogP contribution in [0.3, 0.4) is 0 Å². The van der Waals surface area contributed by atoms with E-state index in [-0.39, 0.29) is 5.56 Å². The minimum absolute atomic E-state index is 0.169. The molecule has 20 heavy (non-hydrogen) atoms. The highest BCUT2D eigenvalue weighted by molar-refractivity contribution is 5.87. The fourth-order valence-electron chi connectivity index (χ4n) is 1.62. The summed E-state index contributed by atoms with van der Waals surface area (Å²) in [4.78, 5) is 14.1. The Balaban J connectivity index is 2.31. The van der Waals surface area contributed by atoms with E-state index in [1.807, 2.05) is 0 Å². The summed E-state index contributed by atoms with van der Waals surface area (Å²) in [5.41, 5.74) is 0.303. The molecule has 0 saturated heterocycles. The lowest BCUT2D eigenvalue weighted by atomic mass is 10.2. The summed E-state index contributed by atoms with van der Waals surface area (Å²) in [6, 6.07) is 11.1. The SMILES string of the molecule is COc1cccc(N=Cc2cccc([N+](=O)[O-])c2[O-])c1. The summed E-state index contributed by atoms with van der Waals surface area (Å²) in [5.74, 6) is -0.00909. The topological polar surface area (TPSA) is 87.8 Å². The van der Waals surface area contributed by atoms with Crippen molar-refractivity contribution in [2.45, 2.75) is 0 Å². The number of rotatable bonds is 4. The maximum absolute atomic E-state index is 11.8. The number of nitro groups is 1. The highest BCUT2D eigenvalue weighted by Gasteiger charge is 2.07. The van der Waals surface area contributed by atoms with Gasteiger partial charge in [-0.25, -0.2) is 0 Å². The molecular weight excluding hydrogens is 260 g/mol. The van der Waals surface area contributed by atoms with Gasteiger partial charge >= 0.3 is 0 Å². The molecule has 2 rings (SSSR count). The second-order valence-corrected chi connectivity index (χ2v) is 3.91. The summed E-state index contributed by atoms with van der Waals surface area (Å²) < 4.78 is 5.06. The molecule has 0 radical (unpaired) electrons. The number of methoxy groups -OCH3 is 1. The zero-order valence-corrected chi connectivity index (χ0v) is 10.6. The average Bonchev–Trinajstić information content (AvgIpc) is 2.46. The van der Waals surface area contributed by atoms with Crippen molar-refractivity contribution in [2.24, 2.45) is 4.99 Å². The maximum Gasteiger partial charge on any atom is 0.262 e. The highest BCUT2D eigenvalue weighted by Crippen LogP contribution is 2.26. The van der Waals surface area contributed by atoms with E-state index in [0.717, 1.165) is 0 Å². The van der Waals surface area contributed by atoms with Crippen LogP contribution in [0.1, 0.15) is 5.56 Å². The maximum atomic E-state index is 11.8. The van der Waals surface area contributed by atoms with Crippen LogP contribution in [0.4, 0.5) is 11.4 Å². The van der Waals surface area contributed by atoms with Gasteiger partial charge in [-0.2, -0.15) is 0 Å². The van der Waals surface area contributed by atoms with Crippen LogP contribution in [0.25, 0.3) is 0 Å². The van der Waals surface area contributed by atoms with E-state index in [9.17, 15) is 15.2 Å². The molecule has 0 unspecified atom stereocenters. The molecule has 0 aromatic heterocycles. The van der Waals surface area contributed by atoms with Crippen LogP contribution in [-0.4, -0.2) is 18.2 Å². The van der Waals surface area contributed by atoms with Gasteiger partial charge in [0.1, 0.15) is 5.75 Å². The van der Waals surface area contributed by atoms with Crippen molar-refractivity contribution in [3.05, 3.63) is 58.1 Å². The molecule has 0 heterocycles. The van der Waals surface area contributed by atoms with Crippen LogP contribution in [0.5, 0.6) is 11.5 Å². The fraction of sp³-hybridized carbons (Fsp3) is 0.0714. The van der Waals surface area contributed by atoms with Crippen LogP contribution in [0, 0.1) is 10.1 Å². The Morgan fingerprint density at radius 2 is 2.00 bits per heavy atom. The molecule has 0 spiro atoms. The number of nitro benzene ring substituents is 1. The van der Waals surface area contributed by atoms with Crippen molar-refractivity contribution in [3.8, 4) is 11.5 Å². The van der Waals surface area contributed by atoms with Gasteiger partial charge in [0, 0.05) is 18.3 Å². The second-order valence-electron chi connectivity index (χ2n) is 3.91. The Morgan fingerprint density at radius 1 is 1.25 bits per heavy atom. The zero-order valence-electron chi connectivity index (χ0n) is 10.6. The van der Waals surface area contributed by atoms with Gasteiger partial charge < -0.3 is 9.84 Å². The summed E-state index contributed by atoms with van der Waals surface area (Å²) in [5, 5.41) is 22.5. The van der Waals surface area contributed by atoms with Crippen LogP contribution in [-0.2, 0) is 0 Å². The zero-order chi connectivity index (χ0) is 14.5. The summed E-state index contributed by atoms with van der Waals surface area (Å²) in [6.07, 6.45) is 1.31. The lowest BCUT2D eigenvalue weighted by molar-refractivity contribution is -0.398. The van der Waals surface area contributed by atoms with E-state index in [4.69, 9.17) is 4.74 Å². The van der Waals surface area contributed by atoms with Gasteiger partial charge in [0.05, 0.1) is 17.7 Å². The monoisotopic (exact) mass is 271 g/mol. The normalized spacial score (nSPS) is 10.7. The minimum Gasteiger partial charge on any atom is -0.867 e. The van der Waals surface area contributed by atoms with Crippen molar-refractivity contribution < 1.29 is 14.8 Å². The molecular formula is C14H11N2O4-. The summed E-state index contributed by atoms with van der Waals surface area (Å²) >= 11 is 0. The number of hydrogen-bond donors (Lipinski definition) is 0. The van der Waals surface area contributed by atoms with Gasteiger partial charge in [-0.1, -0.05) is 18.2 Å². The minimum atomic E-state index is -0.703. The third kappa shape index (κ3) is 2.92. The Kier molecular flexibility index (Phi) is 3.95. The molecule has 102 valence electrons. The first-order valence-corrected chi connectivity index (χ1v) is 5.74. The molecule has 0 atom stereocenters. The van der Waals surface area contributed by atoms with Crippen molar-refractivity contribution in [1.29, 1.82) is 0 Å². The standard InChI is InChI=1S/C14H12N2O4/c1-20-12-6-3-5-11(8-12)15-9-10-4-2-7-13(14(10)17)16(18)19/h2-9,17H,1H3/p-1. The quantitative estimate of drug-likeness (QED) is 0.485. The van der Waals surface area contributed by atoms with Crippen LogP contribution in [0.15, 0.2) is 47.5 Å². The van der Waals surface area contributed by atoms with E-state index in [0.29, 0.717) is 11.4 Å². The van der Waals surface area contributed by atoms with E-state index in [1.165, 1.54) is 24.4 Å². The number of nitrogens with zero attached hydrogens (tertiary/aromatic N) is 2. The molecule has 0 bridgehead atoms. The lowest BCUT2D eigenvalue weighted by Gasteiger charge is -2.09. The van der Waals surface area contributed by atoms with Crippen LogP contribution < -0.4 is 9.84 Å². The molecule has 2 aromatic carbocycles. The van der Waals surface area contributed by atoms with Crippen molar-refractivity contribution in [2.75, 3.05) is 7.11 Å². The predicted molar refractivity (Wildman–Crippen MR) is 72.8 cm³/mol. The highest BCUT2D eigenvalue weighted by atomic mass is 16.6. The Labute approximate surface area is 115 Å². The molecule has 0 N–H and O–H groups in total. The van der Waals surface area contributed by atoms with Gasteiger partial charge in [0.15, 0.2) is 0 Å². The second kappa shape index (κ2) is 5.83. The van der Waals surface area contributed by atoms with E-state index < -0.39 is 16.4 Å². The molecule has 0 aliphatic heterocycles. The van der Waals surface area contributed by atoms with E-state index in [1.54, 1.807) is 31.4 Å². The summed E-state index contributed by atoms with van der Waals surface area (Å²) in [6.45, 7) is 0. The number of hydrogen-bond acceptors (Lipinski definition) is 5. The van der Waals surface area contributed by atoms with Gasteiger partial charge in [-0.05, 0) is 23.4 Å². The smallest absolute Gasteiger partial charge is 0.262 e. The first kappa shape index (κ1) is 13.5. The molecule has 0 saturated carbocycles. The predicted octanol–water partition coefficient (Wildman–Crippen LogP) is 2.43. The first-order chi connectivity index (χ1) is 9.61. The number of aliphatic imine (C=N–C) groups is 1. The van der Waals surface area contributed by atoms with Gasteiger partial charge in [0.2, 0.25) is 0 Å². The molecule has 2 aromatic rings. The first-order valence-electron chi connectivity index (χ1n) is 5.74. The van der Waals surface area contributed by atoms with E-state index >= 15 is 0 Å². The van der Waals surface area contributed by atoms with Gasteiger partial charge in [0.25, 0.3) is 5.69 Å². The van der Waals surface area contributed by atoms with Gasteiger partial charge in [-0.15, -0.1) is 0 Å². The molecule has 0 aliphatic carbocycles. The third-order valence-electron chi connectivity index (χ3n) is 2.63. The van der Waals surface area contributed by atoms with Crippen molar-refractivity contribution >= 4 is 17.6 Å². The Morgan fingerprint density at radius 3 is 2.70 bits per heavy atom. The Hall–Kier alpha value is -2.89. The van der Waals surface area contributed by atoms with Crippen LogP contribution in [0.2, 0.25) is 0 Å². The average molecular weight is 271 g/mol. The number of benzene rings is 2.